The molecule has 3 amide bonds. The van der Waals surface area contributed by atoms with Gasteiger partial charge in [-0.2, -0.15) is 0 Å². The largest absolute Gasteiger partial charge is 0.394 e. The highest BCUT2D eigenvalue weighted by Gasteiger charge is 2.74. The molecule has 4 heterocycles. The Kier molecular flexibility index (Phi) is 10.9. The molecule has 44 heavy (non-hydrogen) atoms. The maximum Gasteiger partial charge on any atom is 0.247 e. The number of fused-ring (bicyclic) bond motifs is 1. The van der Waals surface area contributed by atoms with Gasteiger partial charge in [-0.05, 0) is 31.2 Å². The van der Waals surface area contributed by atoms with Gasteiger partial charge in [0.05, 0.1) is 42.4 Å². The fraction of sp³-hybridized carbons (Fsp3) is 0.618. The molecule has 4 aliphatic rings. The van der Waals surface area contributed by atoms with Crippen molar-refractivity contribution < 1.29 is 24.2 Å². The summed E-state index contributed by atoms with van der Waals surface area (Å²) < 4.78 is 4.79. The summed E-state index contributed by atoms with van der Waals surface area (Å²) in [5.74, 6) is -1.40. The number of nitrogens with zero attached hydrogens (tertiary/aromatic N) is 4. The minimum atomic E-state index is -0.766. The molecule has 1 aromatic rings. The Labute approximate surface area is 266 Å². The average Bonchev–Trinajstić information content (AvgIpc) is 3.69. The lowest BCUT2D eigenvalue weighted by atomic mass is 9.70. The van der Waals surface area contributed by atoms with E-state index in [1.807, 2.05) is 47.1 Å². The maximum atomic E-state index is 14.8. The van der Waals surface area contributed by atoms with Gasteiger partial charge in [-0.3, -0.25) is 19.3 Å². The molecule has 4 aliphatic heterocycles. The molecule has 1 aromatic carbocycles. The van der Waals surface area contributed by atoms with E-state index in [1.54, 1.807) is 28.8 Å². The van der Waals surface area contributed by atoms with E-state index in [0.717, 1.165) is 31.5 Å². The number of hydrogen-bond acceptors (Lipinski definition) is 7. The van der Waals surface area contributed by atoms with Crippen LogP contribution in [0, 0.1) is 11.8 Å². The highest BCUT2D eigenvalue weighted by molar-refractivity contribution is 8.02. The van der Waals surface area contributed by atoms with Gasteiger partial charge in [-0.1, -0.05) is 49.4 Å². The summed E-state index contributed by atoms with van der Waals surface area (Å²) in [5.41, 5.74) is 0.986. The van der Waals surface area contributed by atoms with E-state index in [9.17, 15) is 19.5 Å². The Morgan fingerprint density at radius 2 is 1.80 bits per heavy atom. The number of carbonyl (C=O) groups is 3. The molecule has 2 bridgehead atoms. The molecule has 0 radical (unpaired) electrons. The molecule has 2 unspecified atom stereocenters. The van der Waals surface area contributed by atoms with E-state index >= 15 is 0 Å². The van der Waals surface area contributed by atoms with Gasteiger partial charge in [0.15, 0.2) is 0 Å². The number of amides is 3. The number of thioether (sulfide) groups is 1. The van der Waals surface area contributed by atoms with Crippen molar-refractivity contribution in [2.24, 2.45) is 11.8 Å². The number of likely N-dealkylation sites (tertiary alicyclic amines) is 1. The van der Waals surface area contributed by atoms with E-state index in [2.05, 4.69) is 18.1 Å². The maximum absolute atomic E-state index is 14.8. The van der Waals surface area contributed by atoms with Crippen LogP contribution >= 0.6 is 11.8 Å². The van der Waals surface area contributed by atoms with Crippen molar-refractivity contribution >= 4 is 29.5 Å². The number of carbonyl (C=O) groups excluding carboxylic acids is 3. The highest BCUT2D eigenvalue weighted by Crippen LogP contribution is 2.67. The summed E-state index contributed by atoms with van der Waals surface area (Å²) in [6.07, 6.45) is 6.20. The van der Waals surface area contributed by atoms with Crippen molar-refractivity contribution in [3.63, 3.8) is 0 Å². The summed E-state index contributed by atoms with van der Waals surface area (Å²) in [6, 6.07) is 8.43. The minimum absolute atomic E-state index is 0.0130. The second kappa shape index (κ2) is 14.6. The minimum Gasteiger partial charge on any atom is -0.394 e. The van der Waals surface area contributed by atoms with Crippen molar-refractivity contribution in [1.82, 2.24) is 19.6 Å². The van der Waals surface area contributed by atoms with Crippen molar-refractivity contribution in [3.8, 4) is 0 Å². The van der Waals surface area contributed by atoms with Crippen LogP contribution in [0.3, 0.4) is 0 Å². The lowest BCUT2D eigenvalue weighted by molar-refractivity contribution is -0.147. The number of rotatable bonds is 15. The van der Waals surface area contributed by atoms with Gasteiger partial charge < -0.3 is 24.5 Å². The van der Waals surface area contributed by atoms with Crippen LogP contribution in [-0.2, 0) is 25.5 Å². The average molecular weight is 625 g/mol. The summed E-state index contributed by atoms with van der Waals surface area (Å²) in [7, 11) is 0. The first-order chi connectivity index (χ1) is 21.4. The molecule has 0 aromatic heterocycles. The van der Waals surface area contributed by atoms with Gasteiger partial charge in [0, 0.05) is 51.1 Å². The first-order valence-electron chi connectivity index (χ1n) is 16.1. The smallest absolute Gasteiger partial charge is 0.247 e. The van der Waals surface area contributed by atoms with E-state index < -0.39 is 28.7 Å². The van der Waals surface area contributed by atoms with Crippen molar-refractivity contribution in [1.29, 1.82) is 0 Å². The predicted octanol–water partition coefficient (Wildman–Crippen LogP) is 2.45. The second-order valence-corrected chi connectivity index (χ2v) is 14.0. The van der Waals surface area contributed by atoms with Crippen LogP contribution in [0.15, 0.2) is 55.6 Å². The van der Waals surface area contributed by atoms with Gasteiger partial charge in [0.1, 0.15) is 6.04 Å². The van der Waals surface area contributed by atoms with Crippen LogP contribution in [0.4, 0.5) is 0 Å². The Morgan fingerprint density at radius 1 is 1.11 bits per heavy atom. The molecule has 1 N–H and O–H groups in total. The van der Waals surface area contributed by atoms with E-state index in [4.69, 9.17) is 4.74 Å². The SMILES string of the molecule is C=CCN(CCN1CCOCC1)C(=O)C1N([C@@H](CO)Cc2ccccc2)C(=O)[C@@H]2[C@@H](C(=O)N(CC=C)CCC)[C@H]3CCC12S3. The molecule has 6 atom stereocenters. The molecule has 0 aliphatic carbocycles. The number of benzene rings is 1. The normalized spacial score (nSPS) is 28.5. The van der Waals surface area contributed by atoms with Crippen molar-refractivity contribution in [3.05, 3.63) is 61.2 Å². The molecule has 5 rings (SSSR count). The first-order valence-corrected chi connectivity index (χ1v) is 17.0. The molecule has 10 heteroatoms. The zero-order valence-corrected chi connectivity index (χ0v) is 26.8. The highest BCUT2D eigenvalue weighted by atomic mass is 32.2. The monoisotopic (exact) mass is 624 g/mol. The summed E-state index contributed by atoms with van der Waals surface area (Å²) >= 11 is 1.68. The standard InChI is InChI=1S/C34H48N4O5S/c1-4-14-36(15-5-2)31(40)28-27-12-13-34(44-27)29(28)32(41)38(26(24-39)23-25-10-8-7-9-11-25)30(34)33(42)37(16-6-3)18-17-35-19-21-43-22-20-35/h4,6-11,26-30,39H,1,3,5,12-24H2,2H3/t26-,27-,28+,29+,30?,34?/m1/s1. The van der Waals surface area contributed by atoms with Gasteiger partial charge in [-0.25, -0.2) is 0 Å². The number of ether oxygens (including phenoxy) is 1. The summed E-state index contributed by atoms with van der Waals surface area (Å²) in [5, 5.41) is 10.8. The topological polar surface area (TPSA) is 93.6 Å². The molecule has 9 nitrogen and oxygen atoms in total. The molecule has 0 saturated carbocycles. The number of aliphatic hydroxyl groups is 1. The molecule has 1 spiro atoms. The third kappa shape index (κ3) is 6.23. The fourth-order valence-electron chi connectivity index (χ4n) is 7.82. The quantitative estimate of drug-likeness (QED) is 0.300. The van der Waals surface area contributed by atoms with E-state index in [-0.39, 0.29) is 29.6 Å². The predicted molar refractivity (Wildman–Crippen MR) is 173 cm³/mol. The van der Waals surface area contributed by atoms with Crippen LogP contribution in [0.25, 0.3) is 0 Å². The van der Waals surface area contributed by atoms with Gasteiger partial charge in [0.25, 0.3) is 0 Å². The Morgan fingerprint density at radius 3 is 2.43 bits per heavy atom. The number of morpholine rings is 1. The van der Waals surface area contributed by atoms with E-state index in [0.29, 0.717) is 58.8 Å². The molecule has 4 saturated heterocycles. The summed E-state index contributed by atoms with van der Waals surface area (Å²) in [4.78, 5) is 51.3. The molecule has 240 valence electrons. The number of aliphatic hydroxyl groups excluding tert-OH is 1. The summed E-state index contributed by atoms with van der Waals surface area (Å²) in [6.45, 7) is 15.2. The molecular formula is C34H48N4O5S. The van der Waals surface area contributed by atoms with Crippen molar-refractivity contribution in [2.75, 3.05) is 65.6 Å². The zero-order valence-electron chi connectivity index (χ0n) is 26.0. The van der Waals surface area contributed by atoms with Gasteiger partial charge >= 0.3 is 0 Å². The van der Waals surface area contributed by atoms with Crippen LogP contribution in [0.1, 0.15) is 31.7 Å². The Hall–Kier alpha value is -2.66. The van der Waals surface area contributed by atoms with Crippen LogP contribution in [-0.4, -0.2) is 130 Å². The third-order valence-electron chi connectivity index (χ3n) is 9.78. The number of hydrogen-bond donors (Lipinski definition) is 1. The lowest BCUT2D eigenvalue weighted by Crippen LogP contribution is -2.58. The fourth-order valence-corrected chi connectivity index (χ4v) is 10.0. The van der Waals surface area contributed by atoms with E-state index in [1.165, 1.54) is 0 Å². The van der Waals surface area contributed by atoms with Crippen LogP contribution < -0.4 is 0 Å². The van der Waals surface area contributed by atoms with Crippen molar-refractivity contribution in [2.45, 2.75) is 54.7 Å². The Balaban J connectivity index is 1.51. The second-order valence-electron chi connectivity index (χ2n) is 12.4. The van der Waals surface area contributed by atoms with Gasteiger partial charge in [-0.15, -0.1) is 24.9 Å². The zero-order chi connectivity index (χ0) is 31.3. The first kappa shape index (κ1) is 32.7. The molecule has 4 fully saturated rings. The van der Waals surface area contributed by atoms with Crippen LogP contribution in [0.5, 0.6) is 0 Å². The third-order valence-corrected chi connectivity index (χ3v) is 11.7. The Bertz CT molecular complexity index is 1190. The van der Waals surface area contributed by atoms with Crippen LogP contribution in [0.2, 0.25) is 0 Å². The van der Waals surface area contributed by atoms with Gasteiger partial charge in [0.2, 0.25) is 17.7 Å². The molecular weight excluding hydrogens is 576 g/mol. The lowest BCUT2D eigenvalue weighted by Gasteiger charge is -2.40.